The lowest BCUT2D eigenvalue weighted by Gasteiger charge is -2.38. The van der Waals surface area contributed by atoms with Gasteiger partial charge in [0.15, 0.2) is 0 Å². The first-order valence-corrected chi connectivity index (χ1v) is 5.82. The van der Waals surface area contributed by atoms with Gasteiger partial charge in [-0.05, 0) is 6.92 Å². The average molecular weight is 269 g/mol. The van der Waals surface area contributed by atoms with Crippen molar-refractivity contribution in [1.29, 1.82) is 0 Å². The molecule has 2 heterocycles. The number of amides is 1. The van der Waals surface area contributed by atoms with Crippen LogP contribution in [0.3, 0.4) is 0 Å². The van der Waals surface area contributed by atoms with Crippen molar-refractivity contribution >= 4 is 17.6 Å². The van der Waals surface area contributed by atoms with E-state index in [-0.39, 0.29) is 11.7 Å². The molecule has 1 fully saturated rings. The predicted molar refractivity (Wildman–Crippen MR) is 66.3 cm³/mol. The third-order valence-corrected chi connectivity index (χ3v) is 3.26. The molecule has 0 aliphatic carbocycles. The van der Waals surface area contributed by atoms with Crippen molar-refractivity contribution in [3.8, 4) is 0 Å². The number of carboxylic acid groups (broad SMARTS) is 1. The van der Waals surface area contributed by atoms with Gasteiger partial charge in [0.05, 0.1) is 4.92 Å². The van der Waals surface area contributed by atoms with Crippen LogP contribution in [0.4, 0.5) is 16.3 Å². The molecule has 19 heavy (non-hydrogen) atoms. The molecule has 0 aromatic carbocycles. The number of hydrogen-bond acceptors (Lipinski definition) is 5. The monoisotopic (exact) mass is 269 g/mol. The maximum Gasteiger partial charge on any atom is 0.407 e. The maximum atomic E-state index is 11.0. The molecule has 1 saturated heterocycles. The third-order valence-electron chi connectivity index (χ3n) is 3.26. The number of hydrogen-bond donors (Lipinski definition) is 1. The number of nitro groups is 1. The Hall–Kier alpha value is -2.32. The van der Waals surface area contributed by atoms with E-state index in [0.717, 1.165) is 0 Å². The number of aryl methyl sites for hydroxylation is 1. The summed E-state index contributed by atoms with van der Waals surface area (Å²) < 4.78 is 1.45. The zero-order valence-electron chi connectivity index (χ0n) is 10.7. The summed E-state index contributed by atoms with van der Waals surface area (Å²) in [4.78, 5) is 24.6. The second kappa shape index (κ2) is 4.75. The first-order chi connectivity index (χ1) is 8.91. The number of anilines is 1. The van der Waals surface area contributed by atoms with E-state index >= 15 is 0 Å². The van der Waals surface area contributed by atoms with Crippen LogP contribution >= 0.6 is 0 Å². The molecule has 1 aliphatic heterocycles. The Bertz CT molecular complexity index is 514. The molecule has 1 aromatic heterocycles. The SMILES string of the molecule is CC1CN(c2c([N+](=O)[O-])cnn2C)CCN1C(=O)O. The largest absolute Gasteiger partial charge is 0.465 e. The molecule has 1 unspecified atom stereocenters. The lowest BCUT2D eigenvalue weighted by Crippen LogP contribution is -2.54. The minimum Gasteiger partial charge on any atom is -0.465 e. The smallest absolute Gasteiger partial charge is 0.407 e. The zero-order chi connectivity index (χ0) is 14.2. The van der Waals surface area contributed by atoms with Crippen molar-refractivity contribution in [3.63, 3.8) is 0 Å². The Morgan fingerprint density at radius 1 is 1.58 bits per heavy atom. The number of aromatic nitrogens is 2. The molecule has 1 N–H and O–H groups in total. The summed E-state index contributed by atoms with van der Waals surface area (Å²) in [5, 5.41) is 23.9. The minimum atomic E-state index is -0.966. The van der Waals surface area contributed by atoms with Crippen LogP contribution in [0.15, 0.2) is 6.20 Å². The van der Waals surface area contributed by atoms with Gasteiger partial charge in [0.1, 0.15) is 6.20 Å². The van der Waals surface area contributed by atoms with Crippen molar-refractivity contribution in [3.05, 3.63) is 16.3 Å². The van der Waals surface area contributed by atoms with Gasteiger partial charge in [0, 0.05) is 32.7 Å². The van der Waals surface area contributed by atoms with Crippen LogP contribution in [-0.4, -0.2) is 56.5 Å². The van der Waals surface area contributed by atoms with E-state index in [1.807, 2.05) is 0 Å². The Labute approximate surface area is 109 Å². The first kappa shape index (κ1) is 13.1. The number of piperazine rings is 1. The number of carbonyl (C=O) groups is 1. The summed E-state index contributed by atoms with van der Waals surface area (Å²) in [7, 11) is 1.64. The first-order valence-electron chi connectivity index (χ1n) is 5.82. The van der Waals surface area contributed by atoms with Crippen LogP contribution in [0.5, 0.6) is 0 Å². The standard InChI is InChI=1S/C10H15N5O4/c1-7-6-13(3-4-14(7)10(16)17)9-8(15(18)19)5-11-12(9)2/h5,7H,3-4,6H2,1-2H3,(H,16,17). The van der Waals surface area contributed by atoms with Gasteiger partial charge in [-0.2, -0.15) is 5.10 Å². The lowest BCUT2D eigenvalue weighted by molar-refractivity contribution is -0.384. The van der Waals surface area contributed by atoms with Gasteiger partial charge in [-0.1, -0.05) is 0 Å². The molecule has 104 valence electrons. The summed E-state index contributed by atoms with van der Waals surface area (Å²) in [6, 6.07) is -0.222. The molecule has 1 amide bonds. The van der Waals surface area contributed by atoms with E-state index in [2.05, 4.69) is 5.10 Å². The summed E-state index contributed by atoms with van der Waals surface area (Å²) in [6.45, 7) is 2.92. The van der Waals surface area contributed by atoms with Crippen LogP contribution in [0, 0.1) is 10.1 Å². The molecular weight excluding hydrogens is 254 g/mol. The van der Waals surface area contributed by atoms with Gasteiger partial charge < -0.3 is 14.9 Å². The molecule has 0 bridgehead atoms. The summed E-state index contributed by atoms with van der Waals surface area (Å²) in [5.74, 6) is 0.418. The minimum absolute atomic E-state index is 0.0570. The molecule has 9 heteroatoms. The van der Waals surface area contributed by atoms with Crippen molar-refractivity contribution < 1.29 is 14.8 Å². The third kappa shape index (κ3) is 2.30. The summed E-state index contributed by atoms with van der Waals surface area (Å²) in [6.07, 6.45) is 0.246. The predicted octanol–water partition coefficient (Wildman–Crippen LogP) is 0.517. The topological polar surface area (TPSA) is 105 Å². The molecule has 9 nitrogen and oxygen atoms in total. The Morgan fingerprint density at radius 2 is 2.26 bits per heavy atom. The lowest BCUT2D eigenvalue weighted by atomic mass is 10.2. The van der Waals surface area contributed by atoms with Crippen LogP contribution in [0.1, 0.15) is 6.92 Å². The molecule has 0 saturated carbocycles. The molecule has 1 aliphatic rings. The van der Waals surface area contributed by atoms with Gasteiger partial charge in [0.25, 0.3) is 0 Å². The van der Waals surface area contributed by atoms with Crippen LogP contribution in [0.2, 0.25) is 0 Å². The molecule has 0 spiro atoms. The van der Waals surface area contributed by atoms with E-state index < -0.39 is 11.0 Å². The van der Waals surface area contributed by atoms with Crippen molar-refractivity contribution in [1.82, 2.24) is 14.7 Å². The van der Waals surface area contributed by atoms with E-state index in [4.69, 9.17) is 5.11 Å². The van der Waals surface area contributed by atoms with Gasteiger partial charge >= 0.3 is 11.8 Å². The zero-order valence-corrected chi connectivity index (χ0v) is 10.7. The van der Waals surface area contributed by atoms with Crippen LogP contribution < -0.4 is 4.90 Å². The normalized spacial score (nSPS) is 19.6. The Kier molecular flexibility index (Phi) is 3.28. The second-order valence-corrected chi connectivity index (χ2v) is 4.51. The number of nitrogens with zero attached hydrogens (tertiary/aromatic N) is 5. The Balaban J connectivity index is 2.23. The highest BCUT2D eigenvalue weighted by Gasteiger charge is 2.32. The number of rotatable bonds is 2. The second-order valence-electron chi connectivity index (χ2n) is 4.51. The molecule has 1 atom stereocenters. The van der Waals surface area contributed by atoms with Crippen molar-refractivity contribution in [2.24, 2.45) is 7.05 Å². The van der Waals surface area contributed by atoms with Crippen molar-refractivity contribution in [2.75, 3.05) is 24.5 Å². The average Bonchev–Trinajstić information content (AvgIpc) is 2.70. The fourth-order valence-corrected chi connectivity index (χ4v) is 2.35. The van der Waals surface area contributed by atoms with Crippen LogP contribution in [0.25, 0.3) is 0 Å². The molecule has 2 rings (SSSR count). The highest BCUT2D eigenvalue weighted by molar-refractivity contribution is 5.66. The van der Waals surface area contributed by atoms with E-state index in [1.54, 1.807) is 18.9 Å². The fraction of sp³-hybridized carbons (Fsp3) is 0.600. The van der Waals surface area contributed by atoms with Crippen molar-refractivity contribution in [2.45, 2.75) is 13.0 Å². The quantitative estimate of drug-likeness (QED) is 0.619. The van der Waals surface area contributed by atoms with Gasteiger partial charge in [-0.25, -0.2) is 9.48 Å². The van der Waals surface area contributed by atoms with Gasteiger partial charge in [-0.3, -0.25) is 10.1 Å². The fourth-order valence-electron chi connectivity index (χ4n) is 2.35. The molecule has 0 radical (unpaired) electrons. The highest BCUT2D eigenvalue weighted by atomic mass is 16.6. The summed E-state index contributed by atoms with van der Waals surface area (Å²) in [5.41, 5.74) is -0.0570. The van der Waals surface area contributed by atoms with Gasteiger partial charge in [-0.15, -0.1) is 0 Å². The molecule has 1 aromatic rings. The van der Waals surface area contributed by atoms with Crippen LogP contribution in [-0.2, 0) is 7.05 Å². The van der Waals surface area contributed by atoms with E-state index in [0.29, 0.717) is 25.5 Å². The van der Waals surface area contributed by atoms with E-state index in [9.17, 15) is 14.9 Å². The van der Waals surface area contributed by atoms with Gasteiger partial charge in [0.2, 0.25) is 5.82 Å². The molecular formula is C10H15N5O4. The highest BCUT2D eigenvalue weighted by Crippen LogP contribution is 2.28. The summed E-state index contributed by atoms with van der Waals surface area (Å²) >= 11 is 0. The maximum absolute atomic E-state index is 11.0. The van der Waals surface area contributed by atoms with E-state index in [1.165, 1.54) is 15.8 Å². The Morgan fingerprint density at radius 3 is 2.79 bits per heavy atom.